The molecular formula is C20H25N3O5S. The number of sulfonamides is 1. The minimum Gasteiger partial charge on any atom is -0.449 e. The monoisotopic (exact) mass is 419 g/mol. The van der Waals surface area contributed by atoms with Gasteiger partial charge in [-0.2, -0.15) is 0 Å². The van der Waals surface area contributed by atoms with E-state index in [0.717, 1.165) is 9.99 Å². The van der Waals surface area contributed by atoms with E-state index in [1.165, 1.54) is 45.3 Å². The Morgan fingerprint density at radius 1 is 0.931 bits per heavy atom. The second-order valence-corrected chi connectivity index (χ2v) is 8.94. The van der Waals surface area contributed by atoms with Crippen LogP contribution in [-0.2, 0) is 19.6 Å². The molecule has 8 nitrogen and oxygen atoms in total. The van der Waals surface area contributed by atoms with Crippen molar-refractivity contribution in [1.82, 2.24) is 4.31 Å². The molecule has 1 amide bonds. The van der Waals surface area contributed by atoms with Crippen LogP contribution in [0.15, 0.2) is 53.4 Å². The van der Waals surface area contributed by atoms with Gasteiger partial charge in [-0.25, -0.2) is 17.5 Å². The molecule has 0 fully saturated rings. The summed E-state index contributed by atoms with van der Waals surface area (Å²) in [6.45, 7) is 1.46. The molecule has 0 aromatic heterocycles. The van der Waals surface area contributed by atoms with E-state index in [0.29, 0.717) is 5.69 Å². The molecule has 156 valence electrons. The van der Waals surface area contributed by atoms with Crippen molar-refractivity contribution in [3.05, 3.63) is 54.1 Å². The third-order valence-corrected chi connectivity index (χ3v) is 6.00. The Balaban J connectivity index is 1.99. The molecule has 0 radical (unpaired) electrons. The smallest absolute Gasteiger partial charge is 0.338 e. The molecule has 2 aromatic carbocycles. The topological polar surface area (TPSA) is 96.0 Å². The molecule has 0 saturated heterocycles. The molecule has 0 spiro atoms. The number of hydrogen-bond donors (Lipinski definition) is 1. The van der Waals surface area contributed by atoms with Gasteiger partial charge in [-0.05, 0) is 55.5 Å². The molecule has 29 heavy (non-hydrogen) atoms. The van der Waals surface area contributed by atoms with E-state index in [2.05, 4.69) is 5.32 Å². The lowest BCUT2D eigenvalue weighted by Gasteiger charge is -2.16. The quantitative estimate of drug-likeness (QED) is 0.691. The van der Waals surface area contributed by atoms with Crippen LogP contribution >= 0.6 is 0 Å². The average molecular weight is 420 g/mol. The molecule has 2 rings (SSSR count). The van der Waals surface area contributed by atoms with Gasteiger partial charge in [0.2, 0.25) is 10.0 Å². The van der Waals surface area contributed by atoms with Crippen molar-refractivity contribution in [3.63, 3.8) is 0 Å². The van der Waals surface area contributed by atoms with Crippen molar-refractivity contribution in [3.8, 4) is 0 Å². The number of carbonyl (C=O) groups excluding carboxylic acids is 2. The first-order valence-electron chi connectivity index (χ1n) is 8.84. The fraction of sp³-hybridized carbons (Fsp3) is 0.300. The zero-order valence-corrected chi connectivity index (χ0v) is 17.9. The van der Waals surface area contributed by atoms with Crippen LogP contribution in [0.2, 0.25) is 0 Å². The number of carbonyl (C=O) groups is 2. The predicted molar refractivity (Wildman–Crippen MR) is 112 cm³/mol. The summed E-state index contributed by atoms with van der Waals surface area (Å²) in [7, 11) is 3.09. The van der Waals surface area contributed by atoms with Crippen molar-refractivity contribution < 1.29 is 22.7 Å². The molecule has 0 aliphatic carbocycles. The highest BCUT2D eigenvalue weighted by Gasteiger charge is 2.21. The maximum atomic E-state index is 12.3. The summed E-state index contributed by atoms with van der Waals surface area (Å²) in [4.78, 5) is 26.5. The third kappa shape index (κ3) is 5.55. The number of hydrogen-bond acceptors (Lipinski definition) is 6. The fourth-order valence-electron chi connectivity index (χ4n) is 2.34. The lowest BCUT2D eigenvalue weighted by atomic mass is 10.2. The first-order valence-corrected chi connectivity index (χ1v) is 10.3. The van der Waals surface area contributed by atoms with E-state index in [1.54, 1.807) is 12.1 Å². The van der Waals surface area contributed by atoms with Gasteiger partial charge in [0.05, 0.1) is 10.5 Å². The Morgan fingerprint density at radius 3 is 1.97 bits per heavy atom. The number of benzene rings is 2. The Labute approximate surface area is 171 Å². The van der Waals surface area contributed by atoms with Crippen LogP contribution in [0, 0.1) is 0 Å². The zero-order valence-electron chi connectivity index (χ0n) is 17.0. The number of nitrogens with zero attached hydrogens (tertiary/aromatic N) is 2. The molecular weight excluding hydrogens is 394 g/mol. The molecule has 0 heterocycles. The number of esters is 1. The van der Waals surface area contributed by atoms with Crippen LogP contribution in [0.3, 0.4) is 0 Å². The number of ether oxygens (including phenoxy) is 1. The minimum absolute atomic E-state index is 0.0611. The van der Waals surface area contributed by atoms with E-state index >= 15 is 0 Å². The lowest BCUT2D eigenvalue weighted by molar-refractivity contribution is -0.123. The van der Waals surface area contributed by atoms with Gasteiger partial charge in [-0.1, -0.05) is 0 Å². The van der Waals surface area contributed by atoms with Gasteiger partial charge in [-0.15, -0.1) is 0 Å². The maximum absolute atomic E-state index is 12.3. The van der Waals surface area contributed by atoms with Crippen LogP contribution in [-0.4, -0.2) is 58.9 Å². The van der Waals surface area contributed by atoms with Crippen LogP contribution in [0.25, 0.3) is 0 Å². The first-order chi connectivity index (χ1) is 13.5. The average Bonchev–Trinajstić information content (AvgIpc) is 2.68. The first kappa shape index (κ1) is 22.4. The summed E-state index contributed by atoms with van der Waals surface area (Å²) in [6, 6.07) is 12.6. The molecule has 0 saturated carbocycles. The second-order valence-electron chi connectivity index (χ2n) is 6.79. The standard InChI is InChI=1S/C20H25N3O5S/c1-14(19(24)21-16-8-10-17(11-9-16)22(2)3)28-20(25)15-6-12-18(13-7-15)29(26,27)23(4)5/h6-14H,1-5H3,(H,21,24). The maximum Gasteiger partial charge on any atom is 0.338 e. The van der Waals surface area contributed by atoms with Gasteiger partial charge in [0, 0.05) is 39.6 Å². The molecule has 1 atom stereocenters. The second kappa shape index (κ2) is 9.06. The number of anilines is 2. The van der Waals surface area contributed by atoms with Crippen LogP contribution in [0.5, 0.6) is 0 Å². The number of amides is 1. The minimum atomic E-state index is -3.58. The van der Waals surface area contributed by atoms with Gasteiger partial charge in [0.15, 0.2) is 6.10 Å². The van der Waals surface area contributed by atoms with Gasteiger partial charge < -0.3 is 15.0 Å². The number of nitrogens with one attached hydrogen (secondary N) is 1. The predicted octanol–water partition coefficient (Wildman–Crippen LogP) is 2.19. The molecule has 0 aliphatic rings. The molecule has 0 aliphatic heterocycles. The summed E-state index contributed by atoms with van der Waals surface area (Å²) >= 11 is 0. The van der Waals surface area contributed by atoms with Crippen LogP contribution in [0.1, 0.15) is 17.3 Å². The summed E-state index contributed by atoms with van der Waals surface area (Å²) in [5, 5.41) is 2.69. The molecule has 9 heteroatoms. The van der Waals surface area contributed by atoms with Crippen molar-refractivity contribution >= 4 is 33.3 Å². The molecule has 1 unspecified atom stereocenters. The van der Waals surface area contributed by atoms with E-state index in [-0.39, 0.29) is 10.5 Å². The Morgan fingerprint density at radius 2 is 1.48 bits per heavy atom. The summed E-state index contributed by atoms with van der Waals surface area (Å²) < 4.78 is 30.4. The zero-order chi connectivity index (χ0) is 21.8. The summed E-state index contributed by atoms with van der Waals surface area (Å²) in [6.07, 6.45) is -1.03. The Hall–Kier alpha value is -2.91. The van der Waals surface area contributed by atoms with Gasteiger partial charge in [-0.3, -0.25) is 4.79 Å². The van der Waals surface area contributed by atoms with Crippen molar-refractivity contribution in [2.24, 2.45) is 0 Å². The van der Waals surface area contributed by atoms with E-state index < -0.39 is 28.0 Å². The lowest BCUT2D eigenvalue weighted by Crippen LogP contribution is -2.30. The molecule has 2 aromatic rings. The Bertz CT molecular complexity index is 968. The summed E-state index contributed by atoms with van der Waals surface area (Å²) in [5.74, 6) is -1.19. The van der Waals surface area contributed by atoms with Crippen molar-refractivity contribution in [2.75, 3.05) is 38.4 Å². The van der Waals surface area contributed by atoms with Gasteiger partial charge in [0.1, 0.15) is 0 Å². The van der Waals surface area contributed by atoms with Crippen LogP contribution in [0.4, 0.5) is 11.4 Å². The Kier molecular flexibility index (Phi) is 6.99. The van der Waals surface area contributed by atoms with Crippen molar-refractivity contribution in [2.45, 2.75) is 17.9 Å². The largest absolute Gasteiger partial charge is 0.449 e. The molecule has 0 bridgehead atoms. The van der Waals surface area contributed by atoms with Crippen LogP contribution < -0.4 is 10.2 Å². The highest BCUT2D eigenvalue weighted by atomic mass is 32.2. The summed E-state index contributed by atoms with van der Waals surface area (Å²) in [5.41, 5.74) is 1.72. The highest BCUT2D eigenvalue weighted by molar-refractivity contribution is 7.89. The normalized spacial score (nSPS) is 12.3. The highest BCUT2D eigenvalue weighted by Crippen LogP contribution is 2.17. The molecule has 1 N–H and O–H groups in total. The SMILES string of the molecule is CC(OC(=O)c1ccc(S(=O)(=O)N(C)C)cc1)C(=O)Nc1ccc(N(C)C)cc1. The van der Waals surface area contributed by atoms with Crippen molar-refractivity contribution in [1.29, 1.82) is 0 Å². The van der Waals surface area contributed by atoms with E-state index in [9.17, 15) is 18.0 Å². The van der Waals surface area contributed by atoms with E-state index in [1.807, 2.05) is 31.1 Å². The van der Waals surface area contributed by atoms with E-state index in [4.69, 9.17) is 4.74 Å². The van der Waals surface area contributed by atoms with Gasteiger partial charge in [0.25, 0.3) is 5.91 Å². The number of rotatable bonds is 7. The third-order valence-electron chi connectivity index (χ3n) is 4.17. The fourth-order valence-corrected chi connectivity index (χ4v) is 3.24. The van der Waals surface area contributed by atoms with Gasteiger partial charge >= 0.3 is 5.97 Å².